The Kier molecular flexibility index (Phi) is 5.10. The number of β-amino-alcohol motifs (C(OH)–C–C–N with tert-alkyl or cyclic N) is 1. The molecular weight excluding hydrogens is 288 g/mol. The summed E-state index contributed by atoms with van der Waals surface area (Å²) in [6.45, 7) is 7.26. The molecule has 1 aromatic heterocycles. The fourth-order valence-electron chi connectivity index (χ4n) is 3.19. The normalized spacial score (nSPS) is 20.6. The molecule has 1 unspecified atom stereocenters. The average Bonchev–Trinajstić information content (AvgIpc) is 2.75. The zero-order valence-electron chi connectivity index (χ0n) is 14.0. The molecule has 1 saturated heterocycles. The summed E-state index contributed by atoms with van der Waals surface area (Å²) >= 11 is 0. The molecule has 1 N–H and O–H groups in total. The molecule has 1 fully saturated rings. The number of nitrogens with zero attached hydrogens (tertiary/aromatic N) is 4. The molecule has 1 aliphatic heterocycles. The van der Waals surface area contributed by atoms with Crippen LogP contribution >= 0.6 is 0 Å². The van der Waals surface area contributed by atoms with E-state index in [1.807, 2.05) is 24.0 Å². The smallest absolute Gasteiger partial charge is 0.0794 e. The Balaban J connectivity index is 1.60. The van der Waals surface area contributed by atoms with E-state index in [9.17, 15) is 5.11 Å². The van der Waals surface area contributed by atoms with E-state index in [-0.39, 0.29) is 6.10 Å². The third-order valence-electron chi connectivity index (χ3n) is 4.65. The lowest BCUT2D eigenvalue weighted by Gasteiger charge is -2.21. The van der Waals surface area contributed by atoms with Gasteiger partial charge in [0.2, 0.25) is 0 Å². The van der Waals surface area contributed by atoms with Crippen LogP contribution in [0.2, 0.25) is 0 Å². The first-order valence-corrected chi connectivity index (χ1v) is 8.26. The highest BCUT2D eigenvalue weighted by molar-refractivity contribution is 5.16. The van der Waals surface area contributed by atoms with Crippen molar-refractivity contribution >= 4 is 0 Å². The van der Waals surface area contributed by atoms with Gasteiger partial charge < -0.3 is 5.11 Å². The van der Waals surface area contributed by atoms with Crippen molar-refractivity contribution in [3.63, 3.8) is 0 Å². The summed E-state index contributed by atoms with van der Waals surface area (Å²) in [5, 5.41) is 14.7. The van der Waals surface area contributed by atoms with Gasteiger partial charge in [0.25, 0.3) is 0 Å². The van der Waals surface area contributed by atoms with E-state index in [4.69, 9.17) is 0 Å². The van der Waals surface area contributed by atoms with E-state index in [2.05, 4.69) is 46.1 Å². The maximum atomic E-state index is 10.4. The highest BCUT2D eigenvalue weighted by Gasteiger charge is 2.22. The lowest BCUT2D eigenvalue weighted by molar-refractivity contribution is 0.106. The fourth-order valence-corrected chi connectivity index (χ4v) is 3.19. The van der Waals surface area contributed by atoms with Gasteiger partial charge in [-0.1, -0.05) is 30.3 Å². The monoisotopic (exact) mass is 314 g/mol. The molecule has 23 heavy (non-hydrogen) atoms. The van der Waals surface area contributed by atoms with Gasteiger partial charge in [0.05, 0.1) is 12.3 Å². The van der Waals surface area contributed by atoms with Crippen LogP contribution in [0, 0.1) is 6.92 Å². The number of hydrogen-bond acceptors (Lipinski definition) is 4. The summed E-state index contributed by atoms with van der Waals surface area (Å²) in [4.78, 5) is 4.68. The molecule has 5 heteroatoms. The molecular formula is C18H26N4O. The lowest BCUT2D eigenvalue weighted by atomic mass is 10.2. The van der Waals surface area contributed by atoms with Crippen LogP contribution in [0.3, 0.4) is 0 Å². The van der Waals surface area contributed by atoms with Gasteiger partial charge in [-0.3, -0.25) is 14.5 Å². The predicted molar refractivity (Wildman–Crippen MR) is 90.9 cm³/mol. The van der Waals surface area contributed by atoms with Crippen LogP contribution in [0.15, 0.2) is 36.5 Å². The third-order valence-corrected chi connectivity index (χ3v) is 4.65. The lowest BCUT2D eigenvalue weighted by Crippen LogP contribution is -2.33. The van der Waals surface area contributed by atoms with Crippen molar-refractivity contribution < 1.29 is 5.11 Å². The summed E-state index contributed by atoms with van der Waals surface area (Å²) in [7, 11) is 1.97. The first-order valence-electron chi connectivity index (χ1n) is 8.26. The van der Waals surface area contributed by atoms with Gasteiger partial charge in [-0.05, 0) is 12.5 Å². The molecule has 0 aliphatic carbocycles. The Hall–Kier alpha value is -1.69. The maximum absolute atomic E-state index is 10.4. The standard InChI is InChI=1S/C18H26N4O/c1-15-17(10-19-20(15)2)12-22-9-8-21(13-18(23)14-22)11-16-6-4-3-5-7-16/h3-7,10,18,23H,8-9,11-14H2,1-2H3. The summed E-state index contributed by atoms with van der Waals surface area (Å²) in [5.74, 6) is 0. The van der Waals surface area contributed by atoms with E-state index in [0.29, 0.717) is 0 Å². The zero-order valence-corrected chi connectivity index (χ0v) is 14.0. The van der Waals surface area contributed by atoms with Crippen molar-refractivity contribution in [3.8, 4) is 0 Å². The van der Waals surface area contributed by atoms with Crippen LogP contribution in [0.25, 0.3) is 0 Å². The van der Waals surface area contributed by atoms with Gasteiger partial charge in [0.15, 0.2) is 0 Å². The zero-order chi connectivity index (χ0) is 16.2. The molecule has 1 aromatic carbocycles. The number of hydrogen-bond donors (Lipinski definition) is 1. The minimum atomic E-state index is -0.307. The van der Waals surface area contributed by atoms with Gasteiger partial charge in [-0.25, -0.2) is 0 Å². The number of rotatable bonds is 4. The highest BCUT2D eigenvalue weighted by Crippen LogP contribution is 2.14. The Morgan fingerprint density at radius 1 is 1.09 bits per heavy atom. The minimum Gasteiger partial charge on any atom is -0.390 e. The van der Waals surface area contributed by atoms with Crippen molar-refractivity contribution in [2.75, 3.05) is 26.2 Å². The third kappa shape index (κ3) is 4.19. The summed E-state index contributed by atoms with van der Waals surface area (Å²) < 4.78 is 1.91. The van der Waals surface area contributed by atoms with E-state index in [1.54, 1.807) is 0 Å². The summed E-state index contributed by atoms with van der Waals surface area (Å²) in [6, 6.07) is 10.5. The van der Waals surface area contributed by atoms with Crippen LogP contribution < -0.4 is 0 Å². The van der Waals surface area contributed by atoms with Crippen molar-refractivity contribution in [1.29, 1.82) is 0 Å². The molecule has 5 nitrogen and oxygen atoms in total. The van der Waals surface area contributed by atoms with Crippen LogP contribution in [-0.2, 0) is 20.1 Å². The van der Waals surface area contributed by atoms with Gasteiger partial charge >= 0.3 is 0 Å². The van der Waals surface area contributed by atoms with E-state index < -0.39 is 0 Å². The Labute approximate surface area is 138 Å². The average molecular weight is 314 g/mol. The second kappa shape index (κ2) is 7.25. The predicted octanol–water partition coefficient (Wildman–Crippen LogP) is 1.41. The van der Waals surface area contributed by atoms with Crippen LogP contribution in [0.4, 0.5) is 0 Å². The molecule has 3 rings (SSSR count). The van der Waals surface area contributed by atoms with Gasteiger partial charge in [0, 0.05) is 57.6 Å². The molecule has 0 spiro atoms. The van der Waals surface area contributed by atoms with Crippen LogP contribution in [0.5, 0.6) is 0 Å². The quantitative estimate of drug-likeness (QED) is 0.927. The number of aromatic nitrogens is 2. The Morgan fingerprint density at radius 2 is 1.74 bits per heavy atom. The molecule has 1 atom stereocenters. The maximum Gasteiger partial charge on any atom is 0.0794 e. The molecule has 0 amide bonds. The summed E-state index contributed by atoms with van der Waals surface area (Å²) in [5.41, 5.74) is 3.75. The highest BCUT2D eigenvalue weighted by atomic mass is 16.3. The Bertz CT molecular complexity index is 625. The topological polar surface area (TPSA) is 44.5 Å². The van der Waals surface area contributed by atoms with Crippen LogP contribution in [-0.4, -0.2) is 57.0 Å². The van der Waals surface area contributed by atoms with Crippen molar-refractivity contribution in [3.05, 3.63) is 53.3 Å². The largest absolute Gasteiger partial charge is 0.390 e. The number of benzene rings is 1. The minimum absolute atomic E-state index is 0.307. The molecule has 1 aliphatic rings. The van der Waals surface area contributed by atoms with Gasteiger partial charge in [-0.15, -0.1) is 0 Å². The molecule has 124 valence electrons. The number of aliphatic hydroxyl groups is 1. The van der Waals surface area contributed by atoms with E-state index in [0.717, 1.165) is 39.3 Å². The summed E-state index contributed by atoms with van der Waals surface area (Å²) in [6.07, 6.45) is 1.63. The van der Waals surface area contributed by atoms with Gasteiger partial charge in [0.1, 0.15) is 0 Å². The van der Waals surface area contributed by atoms with Crippen molar-refractivity contribution in [1.82, 2.24) is 19.6 Å². The molecule has 2 aromatic rings. The van der Waals surface area contributed by atoms with E-state index in [1.165, 1.54) is 16.8 Å². The fraction of sp³-hybridized carbons (Fsp3) is 0.500. The second-order valence-corrected chi connectivity index (χ2v) is 6.49. The molecule has 0 saturated carbocycles. The molecule has 0 radical (unpaired) electrons. The van der Waals surface area contributed by atoms with Crippen LogP contribution in [0.1, 0.15) is 16.8 Å². The van der Waals surface area contributed by atoms with Gasteiger partial charge in [-0.2, -0.15) is 5.10 Å². The molecule has 2 heterocycles. The van der Waals surface area contributed by atoms with Crippen molar-refractivity contribution in [2.24, 2.45) is 7.05 Å². The number of aryl methyl sites for hydroxylation is 1. The van der Waals surface area contributed by atoms with Crippen molar-refractivity contribution in [2.45, 2.75) is 26.1 Å². The van der Waals surface area contributed by atoms with E-state index >= 15 is 0 Å². The first-order chi connectivity index (χ1) is 11.1. The Morgan fingerprint density at radius 3 is 2.35 bits per heavy atom. The second-order valence-electron chi connectivity index (χ2n) is 6.49. The SMILES string of the molecule is Cc1c(CN2CCN(Cc3ccccc3)CC(O)C2)cnn1C. The molecule has 0 bridgehead atoms. The number of aliphatic hydroxyl groups excluding tert-OH is 1. The first kappa shape index (κ1) is 16.2.